The molecular formula is C26H31N5O3. The van der Waals surface area contributed by atoms with E-state index in [1.54, 1.807) is 7.11 Å². The predicted molar refractivity (Wildman–Crippen MR) is 131 cm³/mol. The number of fused-ring (bicyclic) bond motifs is 1. The van der Waals surface area contributed by atoms with Crippen molar-refractivity contribution >= 4 is 22.8 Å². The number of methoxy groups -OCH3 is 1. The molecule has 1 aliphatic heterocycles. The summed E-state index contributed by atoms with van der Waals surface area (Å²) in [6, 6.07) is 7.70. The van der Waals surface area contributed by atoms with Crippen LogP contribution >= 0.6 is 0 Å². The van der Waals surface area contributed by atoms with Crippen molar-refractivity contribution < 1.29 is 14.1 Å². The quantitative estimate of drug-likeness (QED) is 0.517. The van der Waals surface area contributed by atoms with Crippen molar-refractivity contribution in [1.82, 2.24) is 20.4 Å². The number of carbonyl (C=O) groups is 1. The first-order valence-electron chi connectivity index (χ1n) is 12.2. The molecule has 3 heterocycles. The molecule has 178 valence electrons. The van der Waals surface area contributed by atoms with E-state index in [-0.39, 0.29) is 11.8 Å². The first-order valence-corrected chi connectivity index (χ1v) is 12.2. The van der Waals surface area contributed by atoms with E-state index in [1.807, 2.05) is 24.3 Å². The molecule has 5 rings (SSSR count). The van der Waals surface area contributed by atoms with E-state index in [4.69, 9.17) is 9.26 Å². The lowest BCUT2D eigenvalue weighted by Crippen LogP contribution is -2.41. The van der Waals surface area contributed by atoms with Crippen molar-refractivity contribution in [2.45, 2.75) is 44.9 Å². The normalized spacial score (nSPS) is 17.0. The molecule has 0 spiro atoms. The number of aromatic nitrogens is 3. The number of nitrogens with zero attached hydrogens (tertiary/aromatic N) is 4. The topological polar surface area (TPSA) is 93.4 Å². The van der Waals surface area contributed by atoms with Crippen molar-refractivity contribution in [3.05, 3.63) is 42.2 Å². The molecule has 3 aromatic rings. The third-order valence-corrected chi connectivity index (χ3v) is 6.91. The number of hydrogen-bond acceptors (Lipinski definition) is 7. The maximum Gasteiger partial charge on any atom is 0.263 e. The largest absolute Gasteiger partial charge is 0.497 e. The molecule has 1 aliphatic carbocycles. The van der Waals surface area contributed by atoms with E-state index < -0.39 is 0 Å². The molecule has 8 heteroatoms. The molecule has 0 unspecified atom stereocenters. The van der Waals surface area contributed by atoms with Crippen LogP contribution in [-0.4, -0.2) is 47.8 Å². The Balaban J connectivity index is 1.24. The van der Waals surface area contributed by atoms with Gasteiger partial charge in [0.15, 0.2) is 0 Å². The van der Waals surface area contributed by atoms with Gasteiger partial charge in [0.05, 0.1) is 7.11 Å². The molecule has 0 radical (unpaired) electrons. The minimum atomic E-state index is 0.0393. The maximum atomic E-state index is 12.7. The van der Waals surface area contributed by atoms with E-state index in [0.717, 1.165) is 61.4 Å². The number of carbonyl (C=O) groups excluding carboxylic acids is 1. The third kappa shape index (κ3) is 4.76. The highest BCUT2D eigenvalue weighted by atomic mass is 16.5. The number of hydrogen-bond donors (Lipinski definition) is 1. The number of amides is 1. The first kappa shape index (κ1) is 22.4. The van der Waals surface area contributed by atoms with Crippen molar-refractivity contribution in [3.8, 4) is 17.0 Å². The fourth-order valence-corrected chi connectivity index (χ4v) is 4.93. The Morgan fingerprint density at radius 2 is 2.00 bits per heavy atom. The molecule has 0 bridgehead atoms. The number of anilines is 1. The minimum Gasteiger partial charge on any atom is -0.497 e. The fraction of sp³-hybridized carbons (Fsp3) is 0.462. The van der Waals surface area contributed by atoms with Gasteiger partial charge in [-0.25, -0.2) is 4.98 Å². The molecule has 0 saturated carbocycles. The Morgan fingerprint density at radius 3 is 2.74 bits per heavy atom. The number of piperidine rings is 1. The fourth-order valence-electron chi connectivity index (χ4n) is 4.93. The van der Waals surface area contributed by atoms with Crippen LogP contribution in [0, 0.1) is 5.92 Å². The Morgan fingerprint density at radius 1 is 1.18 bits per heavy atom. The summed E-state index contributed by atoms with van der Waals surface area (Å²) in [5.41, 5.74) is 3.59. The van der Waals surface area contributed by atoms with E-state index in [9.17, 15) is 4.79 Å². The molecule has 34 heavy (non-hydrogen) atoms. The van der Waals surface area contributed by atoms with Crippen molar-refractivity contribution in [2.75, 3.05) is 31.6 Å². The molecule has 1 saturated heterocycles. The number of ether oxygens (including phenoxy) is 1. The molecule has 2 aromatic heterocycles. The summed E-state index contributed by atoms with van der Waals surface area (Å²) in [6.45, 7) is 2.24. The average Bonchev–Trinajstić information content (AvgIpc) is 3.34. The lowest BCUT2D eigenvalue weighted by molar-refractivity contribution is -0.125. The molecule has 1 N–H and O–H groups in total. The second-order valence-corrected chi connectivity index (χ2v) is 9.05. The lowest BCUT2D eigenvalue weighted by Gasteiger charge is -2.32. The third-order valence-electron chi connectivity index (χ3n) is 6.91. The second kappa shape index (κ2) is 10.2. The van der Waals surface area contributed by atoms with E-state index >= 15 is 0 Å². The first-order chi connectivity index (χ1) is 16.7. The van der Waals surface area contributed by atoms with Crippen LogP contribution in [0.2, 0.25) is 0 Å². The summed E-state index contributed by atoms with van der Waals surface area (Å²) in [6.07, 6.45) is 11.4. The van der Waals surface area contributed by atoms with Gasteiger partial charge in [-0.05, 0) is 69.2 Å². The maximum absolute atomic E-state index is 12.7. The lowest BCUT2D eigenvalue weighted by atomic mass is 9.95. The van der Waals surface area contributed by atoms with Gasteiger partial charge < -0.3 is 19.5 Å². The Bertz CT molecular complexity index is 1160. The van der Waals surface area contributed by atoms with E-state index in [1.165, 1.54) is 37.6 Å². The van der Waals surface area contributed by atoms with E-state index in [0.29, 0.717) is 11.4 Å². The Hall–Kier alpha value is -3.42. The summed E-state index contributed by atoms with van der Waals surface area (Å²) < 4.78 is 10.8. The summed E-state index contributed by atoms with van der Waals surface area (Å²) in [7, 11) is 1.64. The van der Waals surface area contributed by atoms with Gasteiger partial charge in [0.1, 0.15) is 29.0 Å². The van der Waals surface area contributed by atoms with Gasteiger partial charge in [0.25, 0.3) is 5.71 Å². The van der Waals surface area contributed by atoms with Gasteiger partial charge in [-0.15, -0.1) is 0 Å². The van der Waals surface area contributed by atoms with Crippen LogP contribution in [-0.2, 0) is 4.79 Å². The van der Waals surface area contributed by atoms with Crippen LogP contribution in [0.1, 0.15) is 44.9 Å². The molecule has 2 aliphatic rings. The van der Waals surface area contributed by atoms with Crippen LogP contribution in [0.3, 0.4) is 0 Å². The number of rotatable bonds is 7. The molecule has 1 aromatic carbocycles. The van der Waals surface area contributed by atoms with Crippen LogP contribution in [0.15, 0.2) is 46.8 Å². The summed E-state index contributed by atoms with van der Waals surface area (Å²) in [4.78, 5) is 23.8. The van der Waals surface area contributed by atoms with Crippen LogP contribution in [0.5, 0.6) is 5.75 Å². The highest BCUT2D eigenvalue weighted by Crippen LogP contribution is 2.35. The zero-order chi connectivity index (χ0) is 23.3. The Kier molecular flexibility index (Phi) is 6.74. The Labute approximate surface area is 199 Å². The zero-order valence-corrected chi connectivity index (χ0v) is 19.6. The number of nitrogens with one attached hydrogen (secondary N) is 1. The highest BCUT2D eigenvalue weighted by molar-refractivity contribution is 5.98. The minimum absolute atomic E-state index is 0.0393. The summed E-state index contributed by atoms with van der Waals surface area (Å²) in [5, 5.41) is 8.24. The second-order valence-electron chi connectivity index (χ2n) is 9.05. The van der Waals surface area contributed by atoms with Crippen LogP contribution < -0.4 is 15.0 Å². The number of allylic oxidation sites excluding steroid dienone is 1. The van der Waals surface area contributed by atoms with Gasteiger partial charge in [-0.3, -0.25) is 4.79 Å². The van der Waals surface area contributed by atoms with Gasteiger partial charge in [-0.1, -0.05) is 16.8 Å². The standard InChI is InChI=1S/C26H31N5O3/c1-33-21-9-7-19(8-10-21)23-22-24(28-17-29-26(22)34-30-23)31-15-12-20(13-16-31)25(32)27-14-11-18-5-3-2-4-6-18/h5,7-10,17,20H,2-4,6,11-16H2,1H3,(H,27,32). The average molecular weight is 462 g/mol. The van der Waals surface area contributed by atoms with Crippen LogP contribution in [0.25, 0.3) is 22.4 Å². The SMILES string of the molecule is COc1ccc(-c2noc3ncnc(N4CCC(C(=O)NCCC5=CCCCC5)CC4)c23)cc1. The van der Waals surface area contributed by atoms with Gasteiger partial charge in [0.2, 0.25) is 5.91 Å². The van der Waals surface area contributed by atoms with E-state index in [2.05, 4.69) is 31.4 Å². The smallest absolute Gasteiger partial charge is 0.263 e. The molecule has 0 atom stereocenters. The van der Waals surface area contributed by atoms with Crippen LogP contribution in [0.4, 0.5) is 5.82 Å². The zero-order valence-electron chi connectivity index (χ0n) is 19.6. The molecular weight excluding hydrogens is 430 g/mol. The molecule has 1 fully saturated rings. The summed E-state index contributed by atoms with van der Waals surface area (Å²) >= 11 is 0. The molecule has 1 amide bonds. The molecule has 8 nitrogen and oxygen atoms in total. The van der Waals surface area contributed by atoms with Gasteiger partial charge >= 0.3 is 0 Å². The van der Waals surface area contributed by atoms with Gasteiger partial charge in [0, 0.05) is 31.1 Å². The van der Waals surface area contributed by atoms with Crippen molar-refractivity contribution in [2.24, 2.45) is 5.92 Å². The summed E-state index contributed by atoms with van der Waals surface area (Å²) in [5.74, 6) is 1.80. The predicted octanol–water partition coefficient (Wildman–Crippen LogP) is 4.52. The van der Waals surface area contributed by atoms with Crippen molar-refractivity contribution in [1.29, 1.82) is 0 Å². The highest BCUT2D eigenvalue weighted by Gasteiger charge is 2.28. The monoisotopic (exact) mass is 461 g/mol. The van der Waals surface area contributed by atoms with Gasteiger partial charge in [-0.2, -0.15) is 4.98 Å². The van der Waals surface area contributed by atoms with Crippen molar-refractivity contribution in [3.63, 3.8) is 0 Å². The number of benzene rings is 1.